The lowest BCUT2D eigenvalue weighted by atomic mass is 10.2. The summed E-state index contributed by atoms with van der Waals surface area (Å²) in [5, 5.41) is 30.7. The highest BCUT2D eigenvalue weighted by Gasteiger charge is 2.07. The quantitative estimate of drug-likeness (QED) is 0.423. The maximum atomic E-state index is 8.58. The SMILES string of the molecule is CC(C)(O)CO.O=C(O)O. The Morgan fingerprint density at radius 1 is 1.40 bits per heavy atom. The van der Waals surface area contributed by atoms with Crippen molar-refractivity contribution >= 4 is 6.16 Å². The molecule has 62 valence electrons. The van der Waals surface area contributed by atoms with E-state index >= 15 is 0 Å². The van der Waals surface area contributed by atoms with Gasteiger partial charge in [-0.2, -0.15) is 0 Å². The van der Waals surface area contributed by atoms with Crippen LogP contribution in [0.15, 0.2) is 0 Å². The van der Waals surface area contributed by atoms with Crippen molar-refractivity contribution < 1.29 is 25.2 Å². The highest BCUT2D eigenvalue weighted by atomic mass is 16.6. The predicted molar refractivity (Wildman–Crippen MR) is 34.0 cm³/mol. The lowest BCUT2D eigenvalue weighted by Gasteiger charge is -2.10. The van der Waals surface area contributed by atoms with E-state index in [2.05, 4.69) is 0 Å². The Morgan fingerprint density at radius 3 is 1.50 bits per heavy atom. The molecule has 5 nitrogen and oxygen atoms in total. The van der Waals surface area contributed by atoms with E-state index in [4.69, 9.17) is 25.2 Å². The van der Waals surface area contributed by atoms with Crippen LogP contribution in [0.3, 0.4) is 0 Å². The number of rotatable bonds is 1. The molecule has 0 aliphatic carbocycles. The van der Waals surface area contributed by atoms with Gasteiger partial charge in [0.25, 0.3) is 0 Å². The first-order chi connectivity index (χ1) is 4.29. The first-order valence-electron chi connectivity index (χ1n) is 2.54. The summed E-state index contributed by atoms with van der Waals surface area (Å²) in [5.74, 6) is 0. The predicted octanol–water partition coefficient (Wildman–Crippen LogP) is -0.0280. The van der Waals surface area contributed by atoms with Gasteiger partial charge in [0.2, 0.25) is 0 Å². The third kappa shape index (κ3) is 57.4. The number of hydrogen-bond donors (Lipinski definition) is 4. The fraction of sp³-hybridized carbons (Fsp3) is 0.800. The zero-order valence-corrected chi connectivity index (χ0v) is 5.90. The summed E-state index contributed by atoms with van der Waals surface area (Å²) in [6.07, 6.45) is -1.83. The van der Waals surface area contributed by atoms with Crippen molar-refractivity contribution in [2.75, 3.05) is 6.61 Å². The van der Waals surface area contributed by atoms with Gasteiger partial charge in [-0.25, -0.2) is 4.79 Å². The summed E-state index contributed by atoms with van der Waals surface area (Å²) in [4.78, 5) is 8.56. The molecule has 0 aromatic heterocycles. The molecule has 0 aliphatic heterocycles. The van der Waals surface area contributed by atoms with Gasteiger partial charge in [0.1, 0.15) is 0 Å². The van der Waals surface area contributed by atoms with Crippen molar-refractivity contribution in [2.45, 2.75) is 19.4 Å². The molecule has 0 fully saturated rings. The number of carbonyl (C=O) groups is 1. The monoisotopic (exact) mass is 152 g/mol. The van der Waals surface area contributed by atoms with E-state index in [0.29, 0.717) is 0 Å². The molecule has 0 aliphatic rings. The van der Waals surface area contributed by atoms with E-state index in [1.54, 1.807) is 13.8 Å². The smallest absolute Gasteiger partial charge is 0.450 e. The average molecular weight is 152 g/mol. The van der Waals surface area contributed by atoms with Gasteiger partial charge >= 0.3 is 6.16 Å². The zero-order valence-electron chi connectivity index (χ0n) is 5.90. The summed E-state index contributed by atoms with van der Waals surface area (Å²) < 4.78 is 0. The second kappa shape index (κ2) is 5.01. The van der Waals surface area contributed by atoms with Gasteiger partial charge in [-0.1, -0.05) is 0 Å². The standard InChI is InChI=1S/C4H10O2.CH2O3/c1-4(2,6)3-5;2-1(3)4/h5-6H,3H2,1-2H3;(H2,2,3,4). The van der Waals surface area contributed by atoms with Gasteiger partial charge in [-0.3, -0.25) is 0 Å². The van der Waals surface area contributed by atoms with Crippen LogP contribution in [0, 0.1) is 0 Å². The van der Waals surface area contributed by atoms with E-state index < -0.39 is 11.8 Å². The van der Waals surface area contributed by atoms with Crippen LogP contribution in [0.25, 0.3) is 0 Å². The van der Waals surface area contributed by atoms with Crippen molar-refractivity contribution in [3.05, 3.63) is 0 Å². The minimum absolute atomic E-state index is 0.174. The first-order valence-corrected chi connectivity index (χ1v) is 2.54. The third-order valence-corrected chi connectivity index (χ3v) is 0.387. The molecule has 0 saturated heterocycles. The molecule has 0 aromatic rings. The Hall–Kier alpha value is -0.810. The molecule has 0 saturated carbocycles. The van der Waals surface area contributed by atoms with Crippen molar-refractivity contribution in [1.82, 2.24) is 0 Å². The summed E-state index contributed by atoms with van der Waals surface area (Å²) in [6.45, 7) is 2.92. The minimum Gasteiger partial charge on any atom is -0.450 e. The molecule has 0 rings (SSSR count). The van der Waals surface area contributed by atoms with E-state index in [9.17, 15) is 0 Å². The lowest BCUT2D eigenvalue weighted by Crippen LogP contribution is -2.23. The summed E-state index contributed by atoms with van der Waals surface area (Å²) >= 11 is 0. The van der Waals surface area contributed by atoms with Crippen LogP contribution in [-0.2, 0) is 0 Å². The van der Waals surface area contributed by atoms with E-state index in [0.717, 1.165) is 0 Å². The Bertz CT molecular complexity index is 88.7. The number of carboxylic acid groups (broad SMARTS) is 2. The van der Waals surface area contributed by atoms with E-state index in [1.807, 2.05) is 0 Å². The van der Waals surface area contributed by atoms with Crippen LogP contribution in [0.4, 0.5) is 4.79 Å². The van der Waals surface area contributed by atoms with E-state index in [1.165, 1.54) is 0 Å². The molecule has 0 aromatic carbocycles. The molecule has 4 N–H and O–H groups in total. The normalized spacial score (nSPS) is 9.60. The second-order valence-corrected chi connectivity index (χ2v) is 2.25. The van der Waals surface area contributed by atoms with E-state index in [-0.39, 0.29) is 6.61 Å². The fourth-order valence-corrected chi connectivity index (χ4v) is 0. The molecule has 0 atom stereocenters. The van der Waals surface area contributed by atoms with Gasteiger partial charge in [0.15, 0.2) is 0 Å². The molecule has 0 heterocycles. The van der Waals surface area contributed by atoms with Crippen molar-refractivity contribution in [2.24, 2.45) is 0 Å². The third-order valence-electron chi connectivity index (χ3n) is 0.387. The molecule has 0 unspecified atom stereocenters. The number of aliphatic hydroxyl groups is 2. The van der Waals surface area contributed by atoms with Gasteiger partial charge in [0.05, 0.1) is 12.2 Å². The van der Waals surface area contributed by atoms with Crippen LogP contribution in [-0.4, -0.2) is 38.8 Å². The van der Waals surface area contributed by atoms with Crippen LogP contribution < -0.4 is 0 Å². The van der Waals surface area contributed by atoms with Gasteiger partial charge < -0.3 is 20.4 Å². The van der Waals surface area contributed by atoms with Crippen LogP contribution in [0.2, 0.25) is 0 Å². The second-order valence-electron chi connectivity index (χ2n) is 2.25. The van der Waals surface area contributed by atoms with Gasteiger partial charge in [-0.05, 0) is 13.8 Å². The Morgan fingerprint density at radius 2 is 1.50 bits per heavy atom. The average Bonchev–Trinajstić information content (AvgIpc) is 1.63. The first kappa shape index (κ1) is 11.9. The maximum Gasteiger partial charge on any atom is 0.503 e. The van der Waals surface area contributed by atoms with Crippen molar-refractivity contribution in [3.63, 3.8) is 0 Å². The van der Waals surface area contributed by atoms with Crippen LogP contribution in [0.1, 0.15) is 13.8 Å². The molecular formula is C5H12O5. The topological polar surface area (TPSA) is 98.0 Å². The Balaban J connectivity index is 0. The Kier molecular flexibility index (Phi) is 5.98. The molecular weight excluding hydrogens is 140 g/mol. The highest BCUT2D eigenvalue weighted by Crippen LogP contribution is 1.95. The van der Waals surface area contributed by atoms with Crippen molar-refractivity contribution in [3.8, 4) is 0 Å². The van der Waals surface area contributed by atoms with Gasteiger partial charge in [0, 0.05) is 0 Å². The molecule has 0 spiro atoms. The van der Waals surface area contributed by atoms with Gasteiger partial charge in [-0.15, -0.1) is 0 Å². The summed E-state index contributed by atoms with van der Waals surface area (Å²) in [5.41, 5.74) is -0.903. The largest absolute Gasteiger partial charge is 0.503 e. The molecule has 0 radical (unpaired) electrons. The number of hydrogen-bond acceptors (Lipinski definition) is 3. The van der Waals surface area contributed by atoms with Crippen LogP contribution >= 0.6 is 0 Å². The highest BCUT2D eigenvalue weighted by molar-refractivity contribution is 5.53. The minimum atomic E-state index is -1.83. The molecule has 5 heteroatoms. The molecule has 0 amide bonds. The number of aliphatic hydroxyl groups excluding tert-OH is 1. The maximum absolute atomic E-state index is 8.58. The summed E-state index contributed by atoms with van der Waals surface area (Å²) in [7, 11) is 0. The zero-order chi connectivity index (χ0) is 8.78. The van der Waals surface area contributed by atoms with Crippen LogP contribution in [0.5, 0.6) is 0 Å². The fourth-order valence-electron chi connectivity index (χ4n) is 0. The Labute approximate surface area is 58.5 Å². The summed E-state index contributed by atoms with van der Waals surface area (Å²) in [6, 6.07) is 0. The van der Waals surface area contributed by atoms with Crippen molar-refractivity contribution in [1.29, 1.82) is 0 Å². The molecule has 10 heavy (non-hydrogen) atoms. The lowest BCUT2D eigenvalue weighted by molar-refractivity contribution is 0.0183. The molecule has 0 bridgehead atoms.